The Morgan fingerprint density at radius 3 is 2.68 bits per heavy atom. The molecule has 0 spiro atoms. The zero-order valence-electron chi connectivity index (χ0n) is 11.5. The highest BCUT2D eigenvalue weighted by atomic mass is 32.2. The third kappa shape index (κ3) is 3.29. The largest absolute Gasteiger partial charge is 0.549 e. The quantitative estimate of drug-likeness (QED) is 0.767. The molecule has 106 valence electrons. The van der Waals surface area contributed by atoms with Crippen LogP contribution in [0.5, 0.6) is 0 Å². The van der Waals surface area contributed by atoms with Crippen LogP contribution in [0.25, 0.3) is 0 Å². The highest BCUT2D eigenvalue weighted by Gasteiger charge is 2.23. The molecule has 0 N–H and O–H groups in total. The third-order valence-corrected chi connectivity index (χ3v) is 4.70. The van der Waals surface area contributed by atoms with Crippen LogP contribution in [0.2, 0.25) is 0 Å². The number of nitrogens with zero attached hydrogens (tertiary/aromatic N) is 3. The maximum atomic E-state index is 10.8. The number of hydrogen-bond donors (Lipinski definition) is 0. The third-order valence-electron chi connectivity index (χ3n) is 3.65. The Balaban J connectivity index is 2.17. The molecule has 2 rings (SSSR count). The van der Waals surface area contributed by atoms with E-state index in [1.165, 1.54) is 43.9 Å². The van der Waals surface area contributed by atoms with Crippen molar-refractivity contribution in [3.05, 3.63) is 5.82 Å². The second-order valence-corrected chi connectivity index (χ2v) is 6.31. The van der Waals surface area contributed by atoms with Crippen LogP contribution in [-0.4, -0.2) is 26.0 Å². The van der Waals surface area contributed by atoms with Gasteiger partial charge in [-0.1, -0.05) is 31.0 Å². The van der Waals surface area contributed by atoms with E-state index >= 15 is 0 Å². The summed E-state index contributed by atoms with van der Waals surface area (Å²) in [5.74, 6) is 0.443. The van der Waals surface area contributed by atoms with E-state index < -0.39 is 11.2 Å². The molecule has 19 heavy (non-hydrogen) atoms. The van der Waals surface area contributed by atoms with Crippen LogP contribution >= 0.6 is 11.8 Å². The van der Waals surface area contributed by atoms with Crippen molar-refractivity contribution in [2.24, 2.45) is 0 Å². The standard InChI is InChI=1S/C13H21N3O2S/c1-3-16-11(10-7-5-4-6-8-10)14-15-13(16)19-9(2)12(17)18/h9-10H,3-8H2,1-2H3,(H,17,18)/p-1/t9-/m1/s1. The molecule has 1 aromatic rings. The van der Waals surface area contributed by atoms with Crippen LogP contribution in [0.15, 0.2) is 5.16 Å². The summed E-state index contributed by atoms with van der Waals surface area (Å²) in [5, 5.41) is 19.4. The molecule has 0 unspecified atom stereocenters. The monoisotopic (exact) mass is 282 g/mol. The number of carbonyl (C=O) groups is 1. The number of aromatic nitrogens is 3. The Kier molecular flexibility index (Phi) is 4.85. The number of thioether (sulfide) groups is 1. The normalized spacial score (nSPS) is 18.4. The molecule has 1 heterocycles. The van der Waals surface area contributed by atoms with Gasteiger partial charge in [-0.25, -0.2) is 0 Å². The predicted octanol–water partition coefficient (Wildman–Crippen LogP) is 1.58. The van der Waals surface area contributed by atoms with Gasteiger partial charge in [-0.05, 0) is 26.7 Å². The maximum absolute atomic E-state index is 10.8. The Morgan fingerprint density at radius 2 is 2.11 bits per heavy atom. The number of carboxylic acids is 1. The molecule has 1 aliphatic carbocycles. The molecule has 0 aromatic carbocycles. The lowest BCUT2D eigenvalue weighted by Gasteiger charge is -2.21. The van der Waals surface area contributed by atoms with Crippen molar-refractivity contribution >= 4 is 17.7 Å². The van der Waals surface area contributed by atoms with Crippen molar-refractivity contribution in [3.8, 4) is 0 Å². The van der Waals surface area contributed by atoms with Gasteiger partial charge in [0.1, 0.15) is 5.82 Å². The van der Waals surface area contributed by atoms with Crippen LogP contribution < -0.4 is 5.11 Å². The van der Waals surface area contributed by atoms with Gasteiger partial charge in [0.2, 0.25) is 0 Å². The topological polar surface area (TPSA) is 70.8 Å². The molecule has 0 radical (unpaired) electrons. The molecule has 1 atom stereocenters. The zero-order valence-corrected chi connectivity index (χ0v) is 12.3. The Hall–Kier alpha value is -1.04. The lowest BCUT2D eigenvalue weighted by atomic mass is 9.89. The summed E-state index contributed by atoms with van der Waals surface area (Å²) in [6, 6.07) is 0. The predicted molar refractivity (Wildman–Crippen MR) is 71.8 cm³/mol. The second kappa shape index (κ2) is 6.41. The number of rotatable bonds is 5. The molecule has 0 bridgehead atoms. The zero-order chi connectivity index (χ0) is 13.8. The summed E-state index contributed by atoms with van der Waals surface area (Å²) < 4.78 is 2.06. The summed E-state index contributed by atoms with van der Waals surface area (Å²) in [6.07, 6.45) is 6.14. The average Bonchev–Trinajstić information content (AvgIpc) is 2.82. The van der Waals surface area contributed by atoms with E-state index in [-0.39, 0.29) is 0 Å². The molecular formula is C13H20N3O2S-. The van der Waals surface area contributed by atoms with Gasteiger partial charge < -0.3 is 14.5 Å². The van der Waals surface area contributed by atoms with Crippen molar-refractivity contribution in [2.75, 3.05) is 0 Å². The lowest BCUT2D eigenvalue weighted by molar-refractivity contribution is -0.304. The first-order valence-electron chi connectivity index (χ1n) is 6.94. The van der Waals surface area contributed by atoms with Crippen LogP contribution in [-0.2, 0) is 11.3 Å². The minimum absolute atomic E-state index is 0.480. The van der Waals surface area contributed by atoms with Gasteiger partial charge in [-0.3, -0.25) is 0 Å². The molecular weight excluding hydrogens is 262 g/mol. The van der Waals surface area contributed by atoms with Gasteiger partial charge in [0.15, 0.2) is 5.16 Å². The van der Waals surface area contributed by atoms with E-state index in [4.69, 9.17) is 0 Å². The Bertz CT molecular complexity index is 441. The highest BCUT2D eigenvalue weighted by Crippen LogP contribution is 2.33. The number of aliphatic carboxylic acids is 1. The number of carboxylic acid groups (broad SMARTS) is 1. The van der Waals surface area contributed by atoms with Crippen LogP contribution in [0.4, 0.5) is 0 Å². The fourth-order valence-electron chi connectivity index (χ4n) is 2.55. The number of carbonyl (C=O) groups excluding carboxylic acids is 1. The molecule has 5 nitrogen and oxygen atoms in total. The number of hydrogen-bond acceptors (Lipinski definition) is 5. The van der Waals surface area contributed by atoms with Crippen molar-refractivity contribution in [1.82, 2.24) is 14.8 Å². The Labute approximate surface area is 117 Å². The fourth-order valence-corrected chi connectivity index (χ4v) is 3.40. The van der Waals surface area contributed by atoms with Crippen LogP contribution in [0.1, 0.15) is 57.7 Å². The van der Waals surface area contributed by atoms with Gasteiger partial charge in [0.25, 0.3) is 0 Å². The second-order valence-electron chi connectivity index (χ2n) is 5.00. The summed E-state index contributed by atoms with van der Waals surface area (Å²) in [5.41, 5.74) is 0. The van der Waals surface area contributed by atoms with Gasteiger partial charge in [0, 0.05) is 17.7 Å². The molecule has 1 aromatic heterocycles. The van der Waals surface area contributed by atoms with Gasteiger partial charge in [-0.2, -0.15) is 0 Å². The first-order chi connectivity index (χ1) is 9.13. The van der Waals surface area contributed by atoms with Crippen LogP contribution in [0.3, 0.4) is 0 Å². The van der Waals surface area contributed by atoms with Crippen molar-refractivity contribution in [2.45, 2.75) is 68.8 Å². The summed E-state index contributed by atoms with van der Waals surface area (Å²) >= 11 is 1.22. The van der Waals surface area contributed by atoms with Crippen molar-refractivity contribution < 1.29 is 9.90 Å². The first kappa shape index (κ1) is 14.4. The van der Waals surface area contributed by atoms with E-state index in [0.29, 0.717) is 11.1 Å². The van der Waals surface area contributed by atoms with E-state index in [0.717, 1.165) is 12.4 Å². The molecule has 6 heteroatoms. The molecule has 1 saturated carbocycles. The SMILES string of the molecule is CCn1c(S[C@H](C)C(=O)[O-])nnc1C1CCCCC1. The van der Waals surface area contributed by atoms with Crippen molar-refractivity contribution in [3.63, 3.8) is 0 Å². The van der Waals surface area contributed by atoms with Crippen LogP contribution in [0, 0.1) is 0 Å². The van der Waals surface area contributed by atoms with Crippen molar-refractivity contribution in [1.29, 1.82) is 0 Å². The van der Waals surface area contributed by atoms with E-state index in [1.54, 1.807) is 6.92 Å². The summed E-state index contributed by atoms with van der Waals surface area (Å²) in [6.45, 7) is 4.44. The molecule has 1 aliphatic rings. The van der Waals surface area contributed by atoms with E-state index in [2.05, 4.69) is 14.8 Å². The fraction of sp³-hybridized carbons (Fsp3) is 0.769. The van der Waals surface area contributed by atoms with Gasteiger partial charge in [-0.15, -0.1) is 10.2 Å². The minimum Gasteiger partial charge on any atom is -0.549 e. The molecule has 0 saturated heterocycles. The lowest BCUT2D eigenvalue weighted by Crippen LogP contribution is -2.31. The Morgan fingerprint density at radius 1 is 1.42 bits per heavy atom. The summed E-state index contributed by atoms with van der Waals surface area (Å²) in [7, 11) is 0. The van der Waals surface area contributed by atoms with Gasteiger partial charge in [0.05, 0.1) is 5.97 Å². The first-order valence-corrected chi connectivity index (χ1v) is 7.82. The average molecular weight is 282 g/mol. The maximum Gasteiger partial charge on any atom is 0.191 e. The minimum atomic E-state index is -1.06. The molecule has 0 aliphatic heterocycles. The summed E-state index contributed by atoms with van der Waals surface area (Å²) in [4.78, 5) is 10.8. The molecule has 0 amide bonds. The van der Waals surface area contributed by atoms with Gasteiger partial charge >= 0.3 is 0 Å². The molecule has 1 fully saturated rings. The van der Waals surface area contributed by atoms with E-state index in [9.17, 15) is 9.90 Å². The highest BCUT2D eigenvalue weighted by molar-refractivity contribution is 8.00. The van der Waals surface area contributed by atoms with E-state index in [1.807, 2.05) is 6.92 Å². The smallest absolute Gasteiger partial charge is 0.191 e.